The van der Waals surface area contributed by atoms with Gasteiger partial charge >= 0.3 is 0 Å². The highest BCUT2D eigenvalue weighted by Gasteiger charge is 2.11. The standard InChI is InChI=1S/C10H14BrO2P/c1-3-12-14(13-4-2)10-7-5-9(11)6-8-10/h5-8H,3-4H2,1-2H3. The summed E-state index contributed by atoms with van der Waals surface area (Å²) in [5.41, 5.74) is 0. The maximum absolute atomic E-state index is 5.54. The number of hydrogen-bond donors (Lipinski definition) is 0. The van der Waals surface area contributed by atoms with Crippen LogP contribution < -0.4 is 5.30 Å². The quantitative estimate of drug-likeness (QED) is 0.767. The van der Waals surface area contributed by atoms with E-state index in [4.69, 9.17) is 9.05 Å². The summed E-state index contributed by atoms with van der Waals surface area (Å²) in [6.45, 7) is 5.32. The minimum atomic E-state index is -0.889. The van der Waals surface area contributed by atoms with Crippen LogP contribution in [0, 0.1) is 0 Å². The highest BCUT2D eigenvalue weighted by molar-refractivity contribution is 9.10. The van der Waals surface area contributed by atoms with Gasteiger partial charge in [0.05, 0.1) is 13.2 Å². The van der Waals surface area contributed by atoms with Gasteiger partial charge in [-0.25, -0.2) is 0 Å². The Bertz CT molecular complexity index is 257. The molecule has 1 aromatic rings. The van der Waals surface area contributed by atoms with Gasteiger partial charge in [-0.15, -0.1) is 0 Å². The SMILES string of the molecule is CCOP(OCC)c1ccc(Br)cc1. The highest BCUT2D eigenvalue weighted by Crippen LogP contribution is 2.36. The Kier molecular flexibility index (Phi) is 5.64. The topological polar surface area (TPSA) is 18.5 Å². The fourth-order valence-corrected chi connectivity index (χ4v) is 2.48. The summed E-state index contributed by atoms with van der Waals surface area (Å²) >= 11 is 3.40. The molecule has 0 aromatic heterocycles. The first-order chi connectivity index (χ1) is 6.77. The molecule has 0 bridgehead atoms. The van der Waals surface area contributed by atoms with Gasteiger partial charge in [0.2, 0.25) is 8.38 Å². The van der Waals surface area contributed by atoms with Gasteiger partial charge in [0, 0.05) is 9.78 Å². The normalized spacial score (nSPS) is 10.9. The zero-order chi connectivity index (χ0) is 10.4. The van der Waals surface area contributed by atoms with Crippen LogP contribution in [0.5, 0.6) is 0 Å². The van der Waals surface area contributed by atoms with Crippen LogP contribution >= 0.6 is 24.3 Å². The van der Waals surface area contributed by atoms with Crippen molar-refractivity contribution in [2.75, 3.05) is 13.2 Å². The third-order valence-corrected chi connectivity index (χ3v) is 3.76. The molecule has 1 rings (SSSR count). The molecule has 1 aromatic carbocycles. The van der Waals surface area contributed by atoms with Gasteiger partial charge in [-0.05, 0) is 38.1 Å². The Morgan fingerprint density at radius 1 is 1.07 bits per heavy atom. The van der Waals surface area contributed by atoms with Crippen LogP contribution in [0.15, 0.2) is 28.7 Å². The highest BCUT2D eigenvalue weighted by atomic mass is 79.9. The van der Waals surface area contributed by atoms with Gasteiger partial charge in [-0.3, -0.25) is 0 Å². The molecule has 0 unspecified atom stereocenters. The van der Waals surface area contributed by atoms with Crippen LogP contribution in [0.1, 0.15) is 13.8 Å². The molecule has 0 heterocycles. The molecule has 0 aliphatic rings. The van der Waals surface area contributed by atoms with Crippen molar-refractivity contribution in [1.29, 1.82) is 0 Å². The molecule has 0 aliphatic heterocycles. The van der Waals surface area contributed by atoms with Crippen LogP contribution in [0.25, 0.3) is 0 Å². The van der Waals surface area contributed by atoms with E-state index in [1.807, 2.05) is 38.1 Å². The van der Waals surface area contributed by atoms with Crippen molar-refractivity contribution >= 4 is 29.6 Å². The summed E-state index contributed by atoms with van der Waals surface area (Å²) < 4.78 is 12.1. The van der Waals surface area contributed by atoms with Gasteiger partial charge in [-0.1, -0.05) is 15.9 Å². The van der Waals surface area contributed by atoms with Crippen LogP contribution in [-0.4, -0.2) is 13.2 Å². The molecule has 0 radical (unpaired) electrons. The van der Waals surface area contributed by atoms with Crippen molar-refractivity contribution in [2.24, 2.45) is 0 Å². The monoisotopic (exact) mass is 276 g/mol. The lowest BCUT2D eigenvalue weighted by Crippen LogP contribution is -2.05. The summed E-state index contributed by atoms with van der Waals surface area (Å²) in [6.07, 6.45) is 0. The first kappa shape index (κ1) is 12.1. The lowest BCUT2D eigenvalue weighted by Gasteiger charge is -2.15. The number of halogens is 1. The van der Waals surface area contributed by atoms with E-state index >= 15 is 0 Å². The molecule has 0 fully saturated rings. The van der Waals surface area contributed by atoms with E-state index in [9.17, 15) is 0 Å². The summed E-state index contributed by atoms with van der Waals surface area (Å²) in [6, 6.07) is 8.06. The first-order valence-electron chi connectivity index (χ1n) is 4.59. The van der Waals surface area contributed by atoms with E-state index in [1.54, 1.807) is 0 Å². The molecule has 4 heteroatoms. The Hall–Kier alpha value is 0.0500. The van der Waals surface area contributed by atoms with E-state index in [0.717, 1.165) is 9.78 Å². The van der Waals surface area contributed by atoms with Gasteiger partial charge in [0.15, 0.2) is 0 Å². The molecule has 0 aliphatic carbocycles. The Morgan fingerprint density at radius 3 is 2.00 bits per heavy atom. The van der Waals surface area contributed by atoms with Crippen molar-refractivity contribution in [3.63, 3.8) is 0 Å². The number of rotatable bonds is 5. The second kappa shape index (κ2) is 6.52. The average molecular weight is 277 g/mol. The predicted molar refractivity (Wildman–Crippen MR) is 63.9 cm³/mol. The number of hydrogen-bond acceptors (Lipinski definition) is 2. The minimum absolute atomic E-state index is 0.682. The van der Waals surface area contributed by atoms with Crippen molar-refractivity contribution in [1.82, 2.24) is 0 Å². The van der Waals surface area contributed by atoms with E-state index in [1.165, 1.54) is 0 Å². The minimum Gasteiger partial charge on any atom is -0.331 e. The molecule has 0 atom stereocenters. The molecule has 0 saturated carbocycles. The van der Waals surface area contributed by atoms with Crippen LogP contribution in [0.2, 0.25) is 0 Å². The van der Waals surface area contributed by atoms with Crippen molar-refractivity contribution < 1.29 is 9.05 Å². The fraction of sp³-hybridized carbons (Fsp3) is 0.400. The summed E-state index contributed by atoms with van der Waals surface area (Å²) in [4.78, 5) is 0. The fourth-order valence-electron chi connectivity index (χ4n) is 0.984. The smallest absolute Gasteiger partial charge is 0.205 e. The summed E-state index contributed by atoms with van der Waals surface area (Å²) in [7, 11) is -0.889. The lowest BCUT2D eigenvalue weighted by molar-refractivity contribution is 0.277. The Morgan fingerprint density at radius 2 is 1.57 bits per heavy atom. The molecule has 78 valence electrons. The Labute approximate surface area is 94.7 Å². The molecular formula is C10H14BrO2P. The molecule has 0 saturated heterocycles. The lowest BCUT2D eigenvalue weighted by atomic mass is 10.4. The van der Waals surface area contributed by atoms with Gasteiger partial charge in [0.25, 0.3) is 0 Å². The van der Waals surface area contributed by atoms with Crippen LogP contribution in [0.3, 0.4) is 0 Å². The van der Waals surface area contributed by atoms with Crippen molar-refractivity contribution in [2.45, 2.75) is 13.8 Å². The zero-order valence-corrected chi connectivity index (χ0v) is 10.8. The molecular weight excluding hydrogens is 263 g/mol. The third-order valence-electron chi connectivity index (χ3n) is 1.53. The maximum atomic E-state index is 5.54. The Balaban J connectivity index is 2.71. The van der Waals surface area contributed by atoms with Crippen LogP contribution in [0.4, 0.5) is 0 Å². The van der Waals surface area contributed by atoms with E-state index in [0.29, 0.717) is 13.2 Å². The van der Waals surface area contributed by atoms with Crippen molar-refractivity contribution in [3.05, 3.63) is 28.7 Å². The number of benzene rings is 1. The zero-order valence-electron chi connectivity index (χ0n) is 8.37. The van der Waals surface area contributed by atoms with E-state index < -0.39 is 8.38 Å². The van der Waals surface area contributed by atoms with Gasteiger partial charge in [-0.2, -0.15) is 0 Å². The molecule has 14 heavy (non-hydrogen) atoms. The van der Waals surface area contributed by atoms with Crippen molar-refractivity contribution in [3.8, 4) is 0 Å². The summed E-state index contributed by atoms with van der Waals surface area (Å²) in [5.74, 6) is 0. The largest absolute Gasteiger partial charge is 0.331 e. The molecule has 0 amide bonds. The summed E-state index contributed by atoms with van der Waals surface area (Å²) in [5, 5.41) is 1.12. The molecule has 0 spiro atoms. The van der Waals surface area contributed by atoms with E-state index in [-0.39, 0.29) is 0 Å². The van der Waals surface area contributed by atoms with Gasteiger partial charge in [0.1, 0.15) is 0 Å². The molecule has 2 nitrogen and oxygen atoms in total. The van der Waals surface area contributed by atoms with Gasteiger partial charge < -0.3 is 9.05 Å². The molecule has 0 N–H and O–H groups in total. The maximum Gasteiger partial charge on any atom is 0.205 e. The average Bonchev–Trinajstić information content (AvgIpc) is 2.19. The van der Waals surface area contributed by atoms with Crippen LogP contribution in [-0.2, 0) is 9.05 Å². The second-order valence-corrected chi connectivity index (χ2v) is 5.03. The predicted octanol–water partition coefficient (Wildman–Crippen LogP) is 3.46. The van der Waals surface area contributed by atoms with E-state index in [2.05, 4.69) is 15.9 Å². The second-order valence-electron chi connectivity index (χ2n) is 2.57. The third kappa shape index (κ3) is 3.66. The first-order valence-corrected chi connectivity index (χ1v) is 6.56.